The fraction of sp³-hybridized carbons (Fsp3) is 0.214. The lowest BCUT2D eigenvalue weighted by molar-refractivity contribution is 0.513. The van der Waals surface area contributed by atoms with Gasteiger partial charge in [0, 0.05) is 18.4 Å². The maximum absolute atomic E-state index is 8.51. The van der Waals surface area contributed by atoms with E-state index in [4.69, 9.17) is 9.68 Å². The molecule has 0 aliphatic carbocycles. The molecule has 86 valence electrons. The zero-order valence-electron chi connectivity index (χ0n) is 9.32. The molecule has 1 aromatic heterocycles. The van der Waals surface area contributed by atoms with Crippen LogP contribution in [0.4, 0.5) is 0 Å². The second-order valence-corrected chi connectivity index (χ2v) is 4.92. The fourth-order valence-electron chi connectivity index (χ4n) is 1.65. The lowest BCUT2D eigenvalue weighted by Gasteiger charge is -1.96. The van der Waals surface area contributed by atoms with E-state index >= 15 is 0 Å². The van der Waals surface area contributed by atoms with Crippen molar-refractivity contribution >= 4 is 22.6 Å². The van der Waals surface area contributed by atoms with E-state index in [1.165, 1.54) is 0 Å². The average molecular weight is 337 g/mol. The molecular weight excluding hydrogens is 325 g/mol. The van der Waals surface area contributed by atoms with Crippen LogP contribution in [0.2, 0.25) is 0 Å². The van der Waals surface area contributed by atoms with Crippen molar-refractivity contribution in [3.05, 3.63) is 45.7 Å². The van der Waals surface area contributed by atoms with Gasteiger partial charge in [0.15, 0.2) is 0 Å². The summed E-state index contributed by atoms with van der Waals surface area (Å²) in [4.78, 5) is 0. The highest BCUT2D eigenvalue weighted by Gasteiger charge is 2.09. The first-order valence-electron chi connectivity index (χ1n) is 5.52. The highest BCUT2D eigenvalue weighted by Crippen LogP contribution is 2.27. The molecule has 2 nitrogen and oxygen atoms in total. The minimum Gasteiger partial charge on any atom is -0.460 e. The fourth-order valence-corrected chi connectivity index (χ4v) is 2.31. The zero-order valence-corrected chi connectivity index (χ0v) is 11.5. The van der Waals surface area contributed by atoms with Crippen molar-refractivity contribution in [3.63, 3.8) is 0 Å². The summed E-state index contributed by atoms with van der Waals surface area (Å²) < 4.78 is 6.97. The van der Waals surface area contributed by atoms with Crippen LogP contribution in [-0.4, -0.2) is 0 Å². The molecule has 0 amide bonds. The molecule has 0 spiro atoms. The normalized spacial score (nSPS) is 10.1. The monoisotopic (exact) mass is 337 g/mol. The Balaban J connectivity index is 2.17. The third-order valence-corrected chi connectivity index (χ3v) is 3.42. The molecule has 0 atom stereocenters. The molecule has 0 saturated heterocycles. The van der Waals surface area contributed by atoms with Gasteiger partial charge in [-0.2, -0.15) is 5.26 Å². The minimum atomic E-state index is 0.581. The predicted octanol–water partition coefficient (Wildman–Crippen LogP) is 4.40. The second kappa shape index (κ2) is 5.87. The number of nitrogens with zero attached hydrogens (tertiary/aromatic N) is 1. The van der Waals surface area contributed by atoms with Crippen molar-refractivity contribution in [2.24, 2.45) is 0 Å². The van der Waals surface area contributed by atoms with E-state index in [1.807, 2.05) is 30.3 Å². The molecule has 2 aromatic rings. The first-order valence-corrected chi connectivity index (χ1v) is 6.59. The van der Waals surface area contributed by atoms with Crippen LogP contribution < -0.4 is 0 Å². The summed E-state index contributed by atoms with van der Waals surface area (Å²) in [6, 6.07) is 14.3. The van der Waals surface area contributed by atoms with Crippen LogP contribution in [0.1, 0.15) is 18.6 Å². The molecule has 1 heterocycles. The van der Waals surface area contributed by atoms with E-state index in [0.717, 1.165) is 33.5 Å². The molecule has 0 fully saturated rings. The van der Waals surface area contributed by atoms with Crippen molar-refractivity contribution in [1.29, 1.82) is 5.26 Å². The summed E-state index contributed by atoms with van der Waals surface area (Å²) in [5.41, 5.74) is 1.09. The van der Waals surface area contributed by atoms with Gasteiger partial charge in [0.2, 0.25) is 0 Å². The zero-order chi connectivity index (χ0) is 12.1. The van der Waals surface area contributed by atoms with Crippen molar-refractivity contribution in [2.75, 3.05) is 0 Å². The molecule has 0 unspecified atom stereocenters. The van der Waals surface area contributed by atoms with Crippen LogP contribution in [0.5, 0.6) is 0 Å². The Morgan fingerprint density at radius 3 is 2.71 bits per heavy atom. The number of rotatable bonds is 4. The van der Waals surface area contributed by atoms with E-state index in [2.05, 4.69) is 34.7 Å². The van der Waals surface area contributed by atoms with Crippen molar-refractivity contribution in [1.82, 2.24) is 0 Å². The maximum atomic E-state index is 8.51. The standard InChI is InChI=1S/C14H12INO/c15-12-10-14(11-6-2-1-3-7-11)17-13(12)8-4-5-9-16/h1-3,6-7,10H,4-5,8H2. The number of hydrogen-bond acceptors (Lipinski definition) is 2. The van der Waals surface area contributed by atoms with Crippen molar-refractivity contribution in [2.45, 2.75) is 19.3 Å². The molecule has 0 saturated carbocycles. The number of unbranched alkanes of at least 4 members (excludes halogenated alkanes) is 1. The highest BCUT2D eigenvalue weighted by atomic mass is 127. The topological polar surface area (TPSA) is 36.9 Å². The van der Waals surface area contributed by atoms with E-state index in [-0.39, 0.29) is 0 Å². The third kappa shape index (κ3) is 3.10. The number of benzene rings is 1. The number of hydrogen-bond donors (Lipinski definition) is 0. The molecule has 0 N–H and O–H groups in total. The van der Waals surface area contributed by atoms with Gasteiger partial charge in [0.05, 0.1) is 9.64 Å². The summed E-state index contributed by atoms with van der Waals surface area (Å²) in [6.07, 6.45) is 2.27. The first-order chi connectivity index (χ1) is 8.31. The molecule has 2 rings (SSSR count). The van der Waals surface area contributed by atoms with E-state index in [9.17, 15) is 0 Å². The molecule has 1 aromatic carbocycles. The summed E-state index contributed by atoms with van der Waals surface area (Å²) in [5, 5.41) is 8.51. The van der Waals surface area contributed by atoms with Gasteiger partial charge in [-0.25, -0.2) is 0 Å². The largest absolute Gasteiger partial charge is 0.460 e. The van der Waals surface area contributed by atoms with Crippen LogP contribution in [-0.2, 0) is 6.42 Å². The third-order valence-electron chi connectivity index (χ3n) is 2.51. The predicted molar refractivity (Wildman–Crippen MR) is 75.4 cm³/mol. The number of halogens is 1. The molecule has 0 radical (unpaired) electrons. The Morgan fingerprint density at radius 2 is 2.00 bits per heavy atom. The Labute approximate surface area is 114 Å². The van der Waals surface area contributed by atoms with Crippen LogP contribution >= 0.6 is 22.6 Å². The van der Waals surface area contributed by atoms with Crippen LogP contribution in [0, 0.1) is 14.9 Å². The summed E-state index contributed by atoms with van der Waals surface area (Å²) in [6.45, 7) is 0. The molecule has 3 heteroatoms. The SMILES string of the molecule is N#CCCCc1oc(-c2ccccc2)cc1I. The van der Waals surface area contributed by atoms with Crippen molar-refractivity contribution in [3.8, 4) is 17.4 Å². The Bertz CT molecular complexity index is 525. The quantitative estimate of drug-likeness (QED) is 0.613. The molecule has 0 aliphatic rings. The van der Waals surface area contributed by atoms with Crippen molar-refractivity contribution < 1.29 is 4.42 Å². The lowest BCUT2D eigenvalue weighted by atomic mass is 10.2. The van der Waals surface area contributed by atoms with Gasteiger partial charge in [0.1, 0.15) is 11.5 Å². The van der Waals surface area contributed by atoms with Crippen LogP contribution in [0.3, 0.4) is 0 Å². The summed E-state index contributed by atoms with van der Waals surface area (Å²) in [7, 11) is 0. The Morgan fingerprint density at radius 1 is 1.24 bits per heavy atom. The highest BCUT2D eigenvalue weighted by molar-refractivity contribution is 14.1. The van der Waals surface area contributed by atoms with E-state index < -0.39 is 0 Å². The van der Waals surface area contributed by atoms with Gasteiger partial charge in [-0.05, 0) is 35.1 Å². The van der Waals surface area contributed by atoms with E-state index in [1.54, 1.807) is 0 Å². The second-order valence-electron chi connectivity index (χ2n) is 3.76. The molecule has 17 heavy (non-hydrogen) atoms. The number of aryl methyl sites for hydroxylation is 1. The van der Waals surface area contributed by atoms with Gasteiger partial charge in [-0.1, -0.05) is 30.3 Å². The number of furan rings is 1. The van der Waals surface area contributed by atoms with Gasteiger partial charge in [0.25, 0.3) is 0 Å². The molecular formula is C14H12INO. The molecule has 0 bridgehead atoms. The number of nitriles is 1. The van der Waals surface area contributed by atoms with Gasteiger partial charge >= 0.3 is 0 Å². The van der Waals surface area contributed by atoms with Crippen LogP contribution in [0.15, 0.2) is 40.8 Å². The lowest BCUT2D eigenvalue weighted by Crippen LogP contribution is -1.83. The van der Waals surface area contributed by atoms with E-state index in [0.29, 0.717) is 6.42 Å². The van der Waals surface area contributed by atoms with Gasteiger partial charge < -0.3 is 4.42 Å². The summed E-state index contributed by atoms with van der Waals surface area (Å²) >= 11 is 2.28. The Kier molecular flexibility index (Phi) is 4.21. The van der Waals surface area contributed by atoms with Gasteiger partial charge in [-0.15, -0.1) is 0 Å². The average Bonchev–Trinajstić information content (AvgIpc) is 2.73. The smallest absolute Gasteiger partial charge is 0.135 e. The summed E-state index contributed by atoms with van der Waals surface area (Å²) in [5.74, 6) is 1.89. The van der Waals surface area contributed by atoms with Crippen LogP contribution in [0.25, 0.3) is 11.3 Å². The first kappa shape index (κ1) is 12.2. The minimum absolute atomic E-state index is 0.581. The molecule has 0 aliphatic heterocycles. The maximum Gasteiger partial charge on any atom is 0.135 e. The van der Waals surface area contributed by atoms with Gasteiger partial charge in [-0.3, -0.25) is 0 Å². The Hall–Kier alpha value is -1.28.